The predicted octanol–water partition coefficient (Wildman–Crippen LogP) is 3.47. The highest BCUT2D eigenvalue weighted by molar-refractivity contribution is 5.99. The van der Waals surface area contributed by atoms with E-state index >= 15 is 0 Å². The molecule has 1 N–H and O–H groups in total. The van der Waals surface area contributed by atoms with Crippen molar-refractivity contribution in [2.75, 3.05) is 19.0 Å². The lowest BCUT2D eigenvalue weighted by Crippen LogP contribution is -2.39. The number of carbonyl (C=O) groups is 2. The van der Waals surface area contributed by atoms with Gasteiger partial charge in [0.2, 0.25) is 0 Å². The Morgan fingerprint density at radius 1 is 1.31 bits per heavy atom. The van der Waals surface area contributed by atoms with Crippen LogP contribution in [0.25, 0.3) is 0 Å². The number of hydrogen-bond acceptors (Lipinski definition) is 5. The third-order valence-corrected chi connectivity index (χ3v) is 4.59. The number of likely N-dealkylation sites (N-methyl/N-ethyl adjacent to an activating group) is 1. The molecule has 0 spiro atoms. The van der Waals surface area contributed by atoms with Crippen molar-refractivity contribution >= 4 is 17.6 Å². The van der Waals surface area contributed by atoms with Crippen LogP contribution in [0, 0.1) is 11.3 Å². The van der Waals surface area contributed by atoms with Crippen molar-refractivity contribution in [1.29, 1.82) is 5.26 Å². The van der Waals surface area contributed by atoms with E-state index in [2.05, 4.69) is 5.32 Å². The second kappa shape index (κ2) is 9.62. The van der Waals surface area contributed by atoms with E-state index in [0.29, 0.717) is 11.3 Å². The molecule has 6 nitrogen and oxygen atoms in total. The van der Waals surface area contributed by atoms with Crippen LogP contribution in [-0.4, -0.2) is 36.5 Å². The van der Waals surface area contributed by atoms with Crippen LogP contribution in [-0.2, 0) is 9.53 Å². The zero-order valence-corrected chi connectivity index (χ0v) is 15.3. The van der Waals surface area contributed by atoms with Crippen LogP contribution in [0.1, 0.15) is 49.4 Å². The summed E-state index contributed by atoms with van der Waals surface area (Å²) in [6.07, 6.45) is 6.73. The molecule has 1 aromatic carbocycles. The summed E-state index contributed by atoms with van der Waals surface area (Å²) < 4.78 is 5.03. The number of nitriles is 1. The summed E-state index contributed by atoms with van der Waals surface area (Å²) in [6, 6.07) is 8.97. The van der Waals surface area contributed by atoms with Crippen molar-refractivity contribution in [1.82, 2.24) is 4.90 Å². The van der Waals surface area contributed by atoms with Crippen molar-refractivity contribution in [2.24, 2.45) is 0 Å². The van der Waals surface area contributed by atoms with E-state index in [0.717, 1.165) is 25.7 Å². The number of esters is 1. The second-order valence-corrected chi connectivity index (χ2v) is 6.29. The molecule has 1 fully saturated rings. The van der Waals surface area contributed by atoms with Gasteiger partial charge < -0.3 is 15.0 Å². The van der Waals surface area contributed by atoms with Crippen LogP contribution in [0.15, 0.2) is 36.0 Å². The predicted molar refractivity (Wildman–Crippen MR) is 99.4 cm³/mol. The number of rotatable bonds is 6. The summed E-state index contributed by atoms with van der Waals surface area (Å²) in [5, 5.41) is 12.3. The average Bonchev–Trinajstić information content (AvgIpc) is 2.68. The molecule has 0 bridgehead atoms. The first-order chi connectivity index (χ1) is 12.6. The first kappa shape index (κ1) is 19.5. The van der Waals surface area contributed by atoms with Crippen molar-refractivity contribution in [3.63, 3.8) is 0 Å². The molecule has 0 heterocycles. The van der Waals surface area contributed by atoms with Gasteiger partial charge in [-0.25, -0.2) is 4.79 Å². The Balaban J connectivity index is 2.13. The molecule has 26 heavy (non-hydrogen) atoms. The van der Waals surface area contributed by atoms with Gasteiger partial charge in [0, 0.05) is 19.3 Å². The maximum absolute atomic E-state index is 12.6. The molecule has 1 aliphatic carbocycles. The number of anilines is 1. The van der Waals surface area contributed by atoms with Gasteiger partial charge in [-0.1, -0.05) is 31.4 Å². The molecule has 1 amide bonds. The average molecular weight is 355 g/mol. The van der Waals surface area contributed by atoms with Crippen LogP contribution >= 0.6 is 0 Å². The highest BCUT2D eigenvalue weighted by atomic mass is 16.5. The molecule has 0 aromatic heterocycles. The van der Waals surface area contributed by atoms with E-state index < -0.39 is 5.97 Å². The normalized spacial score (nSPS) is 15.0. The first-order valence-electron chi connectivity index (χ1n) is 8.98. The Hall–Kier alpha value is -2.81. The maximum Gasteiger partial charge on any atom is 0.340 e. The molecule has 0 saturated heterocycles. The highest BCUT2D eigenvalue weighted by Gasteiger charge is 2.24. The van der Waals surface area contributed by atoms with Crippen molar-refractivity contribution in [2.45, 2.75) is 45.1 Å². The van der Waals surface area contributed by atoms with E-state index in [4.69, 9.17) is 4.74 Å². The second-order valence-electron chi connectivity index (χ2n) is 6.29. The van der Waals surface area contributed by atoms with Gasteiger partial charge in [-0.05, 0) is 31.9 Å². The Labute approximate surface area is 154 Å². The van der Waals surface area contributed by atoms with Crippen molar-refractivity contribution in [3.05, 3.63) is 41.6 Å². The van der Waals surface area contributed by atoms with Gasteiger partial charge in [0.15, 0.2) is 0 Å². The molecule has 0 aliphatic heterocycles. The van der Waals surface area contributed by atoms with Gasteiger partial charge in [0.1, 0.15) is 11.6 Å². The van der Waals surface area contributed by atoms with Gasteiger partial charge in [-0.15, -0.1) is 0 Å². The number of hydrogen-bond donors (Lipinski definition) is 1. The van der Waals surface area contributed by atoms with Crippen LogP contribution in [0.2, 0.25) is 0 Å². The lowest BCUT2D eigenvalue weighted by molar-refractivity contribution is -0.128. The van der Waals surface area contributed by atoms with Gasteiger partial charge >= 0.3 is 5.97 Å². The summed E-state index contributed by atoms with van der Waals surface area (Å²) in [6.45, 7) is 2.01. The molecule has 6 heteroatoms. The minimum absolute atomic E-state index is 0.0109. The zero-order chi connectivity index (χ0) is 18.9. The lowest BCUT2D eigenvalue weighted by atomic mass is 9.94. The minimum atomic E-state index is -0.451. The molecule has 0 radical (unpaired) electrons. The molecular weight excluding hydrogens is 330 g/mol. The summed E-state index contributed by atoms with van der Waals surface area (Å²) in [7, 11) is 1.75. The number of ether oxygens (including phenoxy) is 1. The fraction of sp³-hybridized carbons (Fsp3) is 0.450. The van der Waals surface area contributed by atoms with Crippen molar-refractivity contribution in [3.8, 4) is 6.07 Å². The van der Waals surface area contributed by atoms with E-state index in [1.54, 1.807) is 43.1 Å². The van der Waals surface area contributed by atoms with E-state index in [-0.39, 0.29) is 24.1 Å². The number of benzene rings is 1. The fourth-order valence-electron chi connectivity index (χ4n) is 3.11. The van der Waals surface area contributed by atoms with Gasteiger partial charge in [-0.3, -0.25) is 4.79 Å². The van der Waals surface area contributed by atoms with E-state index in [1.165, 1.54) is 12.6 Å². The molecule has 0 atom stereocenters. The molecule has 1 aliphatic rings. The summed E-state index contributed by atoms with van der Waals surface area (Å²) in [4.78, 5) is 26.3. The van der Waals surface area contributed by atoms with E-state index in [9.17, 15) is 14.9 Å². The summed E-state index contributed by atoms with van der Waals surface area (Å²) in [5.41, 5.74) is 0.861. The van der Waals surface area contributed by atoms with Gasteiger partial charge in [-0.2, -0.15) is 5.26 Å². The number of para-hydroxylation sites is 1. The largest absolute Gasteiger partial charge is 0.462 e. The molecule has 1 aromatic rings. The standard InChI is InChI=1S/C20H25N3O3/c1-3-26-20(25)17-11-7-8-12-18(17)22-14-15(13-21)19(24)23(2)16-9-5-4-6-10-16/h7-8,11-12,14,16,22H,3-6,9-10H2,1-2H3/b15-14-. The SMILES string of the molecule is CCOC(=O)c1ccccc1N/C=C(/C#N)C(=O)N(C)C1CCCCC1. The van der Waals surface area contributed by atoms with Crippen LogP contribution in [0.5, 0.6) is 0 Å². The lowest BCUT2D eigenvalue weighted by Gasteiger charge is -2.31. The number of amides is 1. The third kappa shape index (κ3) is 4.85. The summed E-state index contributed by atoms with van der Waals surface area (Å²) >= 11 is 0. The Morgan fingerprint density at radius 3 is 2.65 bits per heavy atom. The molecule has 2 rings (SSSR count). The fourth-order valence-corrected chi connectivity index (χ4v) is 3.11. The quantitative estimate of drug-likeness (QED) is 0.480. The van der Waals surface area contributed by atoms with Crippen LogP contribution in [0.4, 0.5) is 5.69 Å². The first-order valence-corrected chi connectivity index (χ1v) is 8.98. The molecule has 1 saturated carbocycles. The minimum Gasteiger partial charge on any atom is -0.462 e. The molecule has 138 valence electrons. The molecule has 0 unspecified atom stereocenters. The number of nitrogens with zero attached hydrogens (tertiary/aromatic N) is 2. The maximum atomic E-state index is 12.6. The smallest absolute Gasteiger partial charge is 0.340 e. The molecular formula is C20H25N3O3. The third-order valence-electron chi connectivity index (χ3n) is 4.59. The summed E-state index contributed by atoms with van der Waals surface area (Å²) in [5.74, 6) is -0.756. The van der Waals surface area contributed by atoms with E-state index in [1.807, 2.05) is 6.07 Å². The Kier molecular flexibility index (Phi) is 7.22. The zero-order valence-electron chi connectivity index (χ0n) is 15.3. The number of carbonyl (C=O) groups excluding carboxylic acids is 2. The number of nitrogens with one attached hydrogen (secondary N) is 1. The Bertz CT molecular complexity index is 715. The monoisotopic (exact) mass is 355 g/mol. The van der Waals surface area contributed by atoms with Crippen LogP contribution in [0.3, 0.4) is 0 Å². The topological polar surface area (TPSA) is 82.4 Å². The van der Waals surface area contributed by atoms with Crippen molar-refractivity contribution < 1.29 is 14.3 Å². The highest BCUT2D eigenvalue weighted by Crippen LogP contribution is 2.23. The van der Waals surface area contributed by atoms with Gasteiger partial charge in [0.05, 0.1) is 17.9 Å². The van der Waals surface area contributed by atoms with Crippen LogP contribution < -0.4 is 5.32 Å². The van der Waals surface area contributed by atoms with Gasteiger partial charge in [0.25, 0.3) is 5.91 Å². The Morgan fingerprint density at radius 2 is 2.00 bits per heavy atom.